The molecule has 22 heavy (non-hydrogen) atoms. The Morgan fingerprint density at radius 2 is 1.95 bits per heavy atom. The molecule has 1 aliphatic rings. The van der Waals surface area contributed by atoms with Crippen LogP contribution in [0, 0.1) is 12.7 Å². The van der Waals surface area contributed by atoms with E-state index in [0.717, 1.165) is 0 Å². The van der Waals surface area contributed by atoms with Crippen molar-refractivity contribution < 1.29 is 13.6 Å². The van der Waals surface area contributed by atoms with Crippen molar-refractivity contribution in [1.29, 1.82) is 0 Å². The number of rotatable bonds is 3. The fourth-order valence-corrected chi connectivity index (χ4v) is 2.51. The van der Waals surface area contributed by atoms with Gasteiger partial charge in [0.2, 0.25) is 11.8 Å². The molecule has 1 amide bonds. The SMILES string of the molecule is Cc1nnc(CN2CCN(C(=O)c3ccccc3F)CC2)o1. The van der Waals surface area contributed by atoms with Gasteiger partial charge in [0.25, 0.3) is 5.91 Å². The Kier molecular flexibility index (Phi) is 4.15. The van der Waals surface area contributed by atoms with Gasteiger partial charge in [-0.3, -0.25) is 9.69 Å². The molecule has 1 aromatic heterocycles. The Labute approximate surface area is 127 Å². The lowest BCUT2D eigenvalue weighted by atomic mass is 10.1. The van der Waals surface area contributed by atoms with Crippen molar-refractivity contribution in [2.24, 2.45) is 0 Å². The Balaban J connectivity index is 1.57. The number of halogens is 1. The standard InChI is InChI=1S/C15H17FN4O2/c1-11-17-18-14(22-11)10-19-6-8-20(9-7-19)15(21)12-4-2-3-5-13(12)16/h2-5H,6-10H2,1H3. The lowest BCUT2D eigenvalue weighted by Gasteiger charge is -2.34. The number of hydrogen-bond donors (Lipinski definition) is 0. The molecule has 1 fully saturated rings. The molecule has 0 unspecified atom stereocenters. The molecule has 7 heteroatoms. The third-order valence-electron chi connectivity index (χ3n) is 3.69. The second-order valence-corrected chi connectivity index (χ2v) is 5.26. The molecule has 0 saturated carbocycles. The van der Waals surface area contributed by atoms with Gasteiger partial charge in [0.1, 0.15) is 5.82 Å². The van der Waals surface area contributed by atoms with Gasteiger partial charge in [-0.1, -0.05) is 12.1 Å². The van der Waals surface area contributed by atoms with Gasteiger partial charge in [-0.15, -0.1) is 10.2 Å². The average molecular weight is 304 g/mol. The van der Waals surface area contributed by atoms with Crippen LogP contribution in [-0.4, -0.2) is 52.1 Å². The van der Waals surface area contributed by atoms with Crippen molar-refractivity contribution in [3.05, 3.63) is 47.4 Å². The van der Waals surface area contributed by atoms with Gasteiger partial charge in [-0.2, -0.15) is 0 Å². The topological polar surface area (TPSA) is 62.5 Å². The molecule has 1 aromatic carbocycles. The molecule has 1 aliphatic heterocycles. The number of carbonyl (C=O) groups is 1. The van der Waals surface area contributed by atoms with E-state index in [4.69, 9.17) is 4.42 Å². The zero-order valence-corrected chi connectivity index (χ0v) is 12.3. The van der Waals surface area contributed by atoms with E-state index >= 15 is 0 Å². The zero-order valence-electron chi connectivity index (χ0n) is 12.3. The van der Waals surface area contributed by atoms with E-state index in [1.807, 2.05) is 0 Å². The van der Waals surface area contributed by atoms with Crippen molar-refractivity contribution in [3.8, 4) is 0 Å². The number of aryl methyl sites for hydroxylation is 1. The molecule has 0 spiro atoms. The Morgan fingerprint density at radius 1 is 1.23 bits per heavy atom. The maximum absolute atomic E-state index is 13.7. The van der Waals surface area contributed by atoms with Crippen LogP contribution >= 0.6 is 0 Å². The molecular formula is C15H17FN4O2. The van der Waals surface area contributed by atoms with Crippen molar-refractivity contribution in [1.82, 2.24) is 20.0 Å². The van der Waals surface area contributed by atoms with Crippen LogP contribution < -0.4 is 0 Å². The van der Waals surface area contributed by atoms with Crippen molar-refractivity contribution >= 4 is 5.91 Å². The fourth-order valence-electron chi connectivity index (χ4n) is 2.51. The second kappa shape index (κ2) is 6.23. The summed E-state index contributed by atoms with van der Waals surface area (Å²) in [5.74, 6) is 0.386. The Hall–Kier alpha value is -2.28. The number of hydrogen-bond acceptors (Lipinski definition) is 5. The molecule has 0 atom stereocenters. The largest absolute Gasteiger partial charge is 0.424 e. The first-order valence-corrected chi connectivity index (χ1v) is 7.18. The summed E-state index contributed by atoms with van der Waals surface area (Å²) in [6, 6.07) is 6.08. The lowest BCUT2D eigenvalue weighted by Crippen LogP contribution is -2.48. The first-order chi connectivity index (χ1) is 10.6. The monoisotopic (exact) mass is 304 g/mol. The van der Waals surface area contributed by atoms with E-state index in [1.165, 1.54) is 12.1 Å². The highest BCUT2D eigenvalue weighted by atomic mass is 19.1. The van der Waals surface area contributed by atoms with E-state index in [0.29, 0.717) is 44.5 Å². The molecule has 0 N–H and O–H groups in total. The minimum absolute atomic E-state index is 0.128. The van der Waals surface area contributed by atoms with Crippen LogP contribution in [0.25, 0.3) is 0 Å². The summed E-state index contributed by atoms with van der Waals surface area (Å²) in [4.78, 5) is 16.1. The van der Waals surface area contributed by atoms with Crippen LogP contribution in [0.15, 0.2) is 28.7 Å². The smallest absolute Gasteiger partial charge is 0.256 e. The summed E-state index contributed by atoms with van der Waals surface area (Å²) in [6.07, 6.45) is 0. The molecule has 0 bridgehead atoms. The van der Waals surface area contributed by atoms with E-state index in [9.17, 15) is 9.18 Å². The number of piperazine rings is 1. The van der Waals surface area contributed by atoms with Crippen molar-refractivity contribution in [3.63, 3.8) is 0 Å². The minimum Gasteiger partial charge on any atom is -0.424 e. The summed E-state index contributed by atoms with van der Waals surface area (Å²) >= 11 is 0. The maximum atomic E-state index is 13.7. The van der Waals surface area contributed by atoms with Crippen LogP contribution in [-0.2, 0) is 6.54 Å². The van der Waals surface area contributed by atoms with Gasteiger partial charge in [-0.05, 0) is 12.1 Å². The highest BCUT2D eigenvalue weighted by Crippen LogP contribution is 2.13. The van der Waals surface area contributed by atoms with Gasteiger partial charge in [0.15, 0.2) is 0 Å². The molecule has 0 aliphatic carbocycles. The maximum Gasteiger partial charge on any atom is 0.256 e. The molecule has 0 radical (unpaired) electrons. The van der Waals surface area contributed by atoms with Gasteiger partial charge in [-0.25, -0.2) is 4.39 Å². The second-order valence-electron chi connectivity index (χ2n) is 5.26. The van der Waals surface area contributed by atoms with Crippen LogP contribution in [0.4, 0.5) is 4.39 Å². The summed E-state index contributed by atoms with van der Waals surface area (Å²) < 4.78 is 19.0. The summed E-state index contributed by atoms with van der Waals surface area (Å²) in [5.41, 5.74) is 0.128. The third-order valence-corrected chi connectivity index (χ3v) is 3.69. The predicted octanol–water partition coefficient (Wildman–Crippen LogP) is 1.48. The molecular weight excluding hydrogens is 287 g/mol. The van der Waals surface area contributed by atoms with Gasteiger partial charge in [0, 0.05) is 33.1 Å². The number of carbonyl (C=O) groups excluding carboxylic acids is 1. The number of aromatic nitrogens is 2. The van der Waals surface area contributed by atoms with Gasteiger partial charge < -0.3 is 9.32 Å². The molecule has 3 rings (SSSR count). The lowest BCUT2D eigenvalue weighted by molar-refractivity contribution is 0.0613. The fraction of sp³-hybridized carbons (Fsp3) is 0.400. The Bertz CT molecular complexity index is 665. The summed E-state index contributed by atoms with van der Waals surface area (Å²) in [6.45, 7) is 4.83. The first kappa shape index (κ1) is 14.6. The Morgan fingerprint density at radius 3 is 2.59 bits per heavy atom. The van der Waals surface area contributed by atoms with Crippen LogP contribution in [0.1, 0.15) is 22.1 Å². The number of amides is 1. The summed E-state index contributed by atoms with van der Waals surface area (Å²) in [7, 11) is 0. The molecule has 6 nitrogen and oxygen atoms in total. The molecule has 1 saturated heterocycles. The zero-order chi connectivity index (χ0) is 15.5. The van der Waals surface area contributed by atoms with Gasteiger partial charge >= 0.3 is 0 Å². The highest BCUT2D eigenvalue weighted by molar-refractivity contribution is 5.94. The van der Waals surface area contributed by atoms with Crippen molar-refractivity contribution in [2.45, 2.75) is 13.5 Å². The van der Waals surface area contributed by atoms with Crippen LogP contribution in [0.3, 0.4) is 0 Å². The first-order valence-electron chi connectivity index (χ1n) is 7.18. The molecule has 2 heterocycles. The van der Waals surface area contributed by atoms with Crippen LogP contribution in [0.5, 0.6) is 0 Å². The number of nitrogens with zero attached hydrogens (tertiary/aromatic N) is 4. The molecule has 116 valence electrons. The third kappa shape index (κ3) is 3.14. The quantitative estimate of drug-likeness (QED) is 0.859. The van der Waals surface area contributed by atoms with E-state index < -0.39 is 5.82 Å². The summed E-state index contributed by atoms with van der Waals surface area (Å²) in [5, 5.41) is 7.76. The molecule has 2 aromatic rings. The normalized spacial score (nSPS) is 16.0. The number of benzene rings is 1. The predicted molar refractivity (Wildman–Crippen MR) is 76.6 cm³/mol. The van der Waals surface area contributed by atoms with E-state index in [1.54, 1.807) is 24.0 Å². The minimum atomic E-state index is -0.476. The highest BCUT2D eigenvalue weighted by Gasteiger charge is 2.24. The van der Waals surface area contributed by atoms with E-state index in [2.05, 4.69) is 15.1 Å². The van der Waals surface area contributed by atoms with Crippen LogP contribution in [0.2, 0.25) is 0 Å². The van der Waals surface area contributed by atoms with Gasteiger partial charge in [0.05, 0.1) is 12.1 Å². The van der Waals surface area contributed by atoms with E-state index in [-0.39, 0.29) is 11.5 Å². The average Bonchev–Trinajstić information content (AvgIpc) is 2.93. The van der Waals surface area contributed by atoms with Crippen molar-refractivity contribution in [2.75, 3.05) is 26.2 Å².